The number of aromatic nitrogens is 2. The minimum absolute atomic E-state index is 0.0355. The van der Waals surface area contributed by atoms with E-state index < -0.39 is 0 Å². The number of para-hydroxylation sites is 1. The van der Waals surface area contributed by atoms with E-state index >= 15 is 0 Å². The Hall–Kier alpha value is -2.14. The van der Waals surface area contributed by atoms with E-state index in [-0.39, 0.29) is 5.91 Å². The van der Waals surface area contributed by atoms with Crippen LogP contribution in [-0.4, -0.2) is 28.6 Å². The van der Waals surface area contributed by atoms with Gasteiger partial charge in [0.15, 0.2) is 0 Å². The van der Waals surface area contributed by atoms with Crippen molar-refractivity contribution in [2.45, 2.75) is 12.8 Å². The number of imidazole rings is 1. The number of hydrogen-bond donors (Lipinski definition) is 1. The Kier molecular flexibility index (Phi) is 4.69. The molecule has 0 aliphatic rings. The summed E-state index contributed by atoms with van der Waals surface area (Å²) < 4.78 is 6.96. The lowest BCUT2D eigenvalue weighted by molar-refractivity contribution is 0.0881. The van der Waals surface area contributed by atoms with Crippen LogP contribution in [0.2, 0.25) is 0 Å². The minimum atomic E-state index is -0.0355. The fourth-order valence-corrected chi connectivity index (χ4v) is 1.68. The average molecular weight is 259 g/mol. The predicted octanol–water partition coefficient (Wildman–Crippen LogP) is 1.49. The molecule has 0 saturated heterocycles. The quantitative estimate of drug-likeness (QED) is 0.853. The molecule has 0 bridgehead atoms. The van der Waals surface area contributed by atoms with Crippen LogP contribution in [0.4, 0.5) is 0 Å². The summed E-state index contributed by atoms with van der Waals surface area (Å²) in [5.41, 5.74) is 6.27. The first-order valence-corrected chi connectivity index (χ1v) is 6.23. The summed E-state index contributed by atoms with van der Waals surface area (Å²) in [6.07, 6.45) is 4.24. The highest BCUT2D eigenvalue weighted by atomic mass is 16.5. The number of hydrogen-bond acceptors (Lipinski definition) is 4. The Labute approximate surface area is 112 Å². The third-order valence-corrected chi connectivity index (χ3v) is 2.65. The lowest BCUT2D eigenvalue weighted by atomic mass is 10.3. The van der Waals surface area contributed by atoms with Crippen molar-refractivity contribution < 1.29 is 9.53 Å². The monoisotopic (exact) mass is 259 g/mol. The molecule has 0 amide bonds. The van der Waals surface area contributed by atoms with Gasteiger partial charge in [-0.2, -0.15) is 0 Å². The normalized spacial score (nSPS) is 10.4. The third-order valence-electron chi connectivity index (χ3n) is 2.65. The van der Waals surface area contributed by atoms with E-state index in [1.54, 1.807) is 6.20 Å². The Bertz CT molecular complexity index is 522. The molecule has 1 aromatic heterocycles. The molecule has 0 aliphatic carbocycles. The highest BCUT2D eigenvalue weighted by molar-refractivity contribution is 5.78. The highest BCUT2D eigenvalue weighted by Crippen LogP contribution is 2.08. The van der Waals surface area contributed by atoms with E-state index in [1.807, 2.05) is 30.3 Å². The number of carbonyl (C=O) groups excluding carboxylic acids is 1. The molecule has 0 unspecified atom stereocenters. The van der Waals surface area contributed by atoms with E-state index in [9.17, 15) is 4.79 Å². The zero-order valence-corrected chi connectivity index (χ0v) is 10.7. The summed E-state index contributed by atoms with van der Waals surface area (Å²) in [4.78, 5) is 16.0. The Morgan fingerprint density at radius 1 is 1.32 bits per heavy atom. The topological polar surface area (TPSA) is 70.1 Å². The van der Waals surface area contributed by atoms with Crippen molar-refractivity contribution in [3.63, 3.8) is 0 Å². The predicted molar refractivity (Wildman–Crippen MR) is 72.2 cm³/mol. The number of nitrogens with two attached hydrogens (primary N) is 1. The molecule has 2 aromatic rings. The van der Waals surface area contributed by atoms with Crippen LogP contribution < -0.4 is 10.5 Å². The van der Waals surface area contributed by atoms with Crippen LogP contribution in [-0.2, 0) is 6.42 Å². The van der Waals surface area contributed by atoms with Crippen molar-refractivity contribution in [2.75, 3.05) is 13.2 Å². The van der Waals surface area contributed by atoms with Crippen molar-refractivity contribution in [3.8, 4) is 5.75 Å². The number of benzene rings is 1. The van der Waals surface area contributed by atoms with Gasteiger partial charge in [-0.3, -0.25) is 9.36 Å². The van der Waals surface area contributed by atoms with Gasteiger partial charge >= 0.3 is 0 Å². The van der Waals surface area contributed by atoms with Gasteiger partial charge < -0.3 is 10.5 Å². The van der Waals surface area contributed by atoms with E-state index in [4.69, 9.17) is 10.5 Å². The van der Waals surface area contributed by atoms with Crippen molar-refractivity contribution >= 4 is 5.91 Å². The molecule has 0 atom stereocenters. The first-order valence-electron chi connectivity index (χ1n) is 6.23. The summed E-state index contributed by atoms with van der Waals surface area (Å²) >= 11 is 0. The van der Waals surface area contributed by atoms with Gasteiger partial charge in [-0.15, -0.1) is 0 Å². The maximum Gasteiger partial charge on any atom is 0.235 e. The van der Waals surface area contributed by atoms with Crippen LogP contribution in [0.5, 0.6) is 5.75 Å². The largest absolute Gasteiger partial charge is 0.493 e. The van der Waals surface area contributed by atoms with Crippen LogP contribution in [0.25, 0.3) is 0 Å². The molecule has 0 fully saturated rings. The van der Waals surface area contributed by atoms with Gasteiger partial charge in [0, 0.05) is 12.6 Å². The molecule has 5 nitrogen and oxygen atoms in total. The average Bonchev–Trinajstić information content (AvgIpc) is 2.89. The van der Waals surface area contributed by atoms with Crippen LogP contribution in [0, 0.1) is 0 Å². The van der Waals surface area contributed by atoms with Crippen molar-refractivity contribution in [2.24, 2.45) is 5.73 Å². The number of nitrogens with zero attached hydrogens (tertiary/aromatic N) is 2. The maximum absolute atomic E-state index is 11.9. The zero-order valence-electron chi connectivity index (χ0n) is 10.7. The summed E-state index contributed by atoms with van der Waals surface area (Å²) in [6.45, 7) is 0.884. The lowest BCUT2D eigenvalue weighted by Gasteiger charge is -2.05. The molecule has 100 valence electrons. The Morgan fingerprint density at radius 2 is 2.11 bits per heavy atom. The van der Waals surface area contributed by atoms with E-state index in [2.05, 4.69) is 4.98 Å². The molecular weight excluding hydrogens is 242 g/mol. The fourth-order valence-electron chi connectivity index (χ4n) is 1.68. The molecule has 2 N–H and O–H groups in total. The SMILES string of the molecule is NCCc1cn(C(=O)CCOc2ccccc2)cn1. The van der Waals surface area contributed by atoms with Gasteiger partial charge in [0.05, 0.1) is 18.7 Å². The Balaban J connectivity index is 1.80. The fraction of sp³-hybridized carbons (Fsp3) is 0.286. The second kappa shape index (κ2) is 6.70. The van der Waals surface area contributed by atoms with Gasteiger partial charge in [-0.05, 0) is 18.7 Å². The number of carbonyl (C=O) groups is 1. The van der Waals surface area contributed by atoms with Gasteiger partial charge in [-0.25, -0.2) is 4.98 Å². The minimum Gasteiger partial charge on any atom is -0.493 e. The lowest BCUT2D eigenvalue weighted by Crippen LogP contribution is -2.12. The molecule has 0 saturated carbocycles. The molecule has 0 radical (unpaired) electrons. The van der Waals surface area contributed by atoms with Crippen molar-refractivity contribution in [1.82, 2.24) is 9.55 Å². The van der Waals surface area contributed by atoms with Gasteiger partial charge in [0.2, 0.25) is 5.91 Å². The van der Waals surface area contributed by atoms with E-state index in [1.165, 1.54) is 10.9 Å². The molecule has 1 heterocycles. The van der Waals surface area contributed by atoms with Crippen LogP contribution in [0.3, 0.4) is 0 Å². The van der Waals surface area contributed by atoms with Crippen LogP contribution in [0.1, 0.15) is 16.9 Å². The summed E-state index contributed by atoms with van der Waals surface area (Å²) in [7, 11) is 0. The first kappa shape index (κ1) is 13.3. The maximum atomic E-state index is 11.9. The third kappa shape index (κ3) is 3.93. The first-order chi connectivity index (χ1) is 9.29. The molecule has 5 heteroatoms. The number of rotatable bonds is 6. The smallest absolute Gasteiger partial charge is 0.235 e. The second-order valence-corrected chi connectivity index (χ2v) is 4.12. The molecule has 2 rings (SSSR count). The Morgan fingerprint density at radius 3 is 2.84 bits per heavy atom. The van der Waals surface area contributed by atoms with Gasteiger partial charge in [0.1, 0.15) is 12.1 Å². The molecule has 0 aliphatic heterocycles. The van der Waals surface area contributed by atoms with Crippen LogP contribution in [0.15, 0.2) is 42.9 Å². The summed E-state index contributed by atoms with van der Waals surface area (Å²) in [5.74, 6) is 0.733. The van der Waals surface area contributed by atoms with Crippen molar-refractivity contribution in [3.05, 3.63) is 48.5 Å². The molecular formula is C14H17N3O2. The zero-order chi connectivity index (χ0) is 13.5. The van der Waals surface area contributed by atoms with Gasteiger partial charge in [0.25, 0.3) is 0 Å². The van der Waals surface area contributed by atoms with Crippen LogP contribution >= 0.6 is 0 Å². The molecule has 0 spiro atoms. The second-order valence-electron chi connectivity index (χ2n) is 4.12. The van der Waals surface area contributed by atoms with Gasteiger partial charge in [-0.1, -0.05) is 18.2 Å². The van der Waals surface area contributed by atoms with E-state index in [0.29, 0.717) is 26.0 Å². The summed E-state index contributed by atoms with van der Waals surface area (Å²) in [5, 5.41) is 0. The van der Waals surface area contributed by atoms with E-state index in [0.717, 1.165) is 11.4 Å². The molecule has 1 aromatic carbocycles. The van der Waals surface area contributed by atoms with Crippen molar-refractivity contribution in [1.29, 1.82) is 0 Å². The highest BCUT2D eigenvalue weighted by Gasteiger charge is 2.06. The number of ether oxygens (including phenoxy) is 1. The molecule has 19 heavy (non-hydrogen) atoms. The summed E-state index contributed by atoms with van der Waals surface area (Å²) in [6, 6.07) is 9.43. The standard InChI is InChI=1S/C14H17N3O2/c15-8-6-12-10-17(11-16-12)14(18)7-9-19-13-4-2-1-3-5-13/h1-5,10-11H,6-9,15H2.